The fourth-order valence-corrected chi connectivity index (χ4v) is 14.9. The van der Waals surface area contributed by atoms with Gasteiger partial charge < -0.3 is 23.2 Å². The molecule has 0 amide bonds. The Labute approximate surface area is 133 Å². The molecule has 0 aromatic carbocycles. The van der Waals surface area contributed by atoms with E-state index in [4.69, 9.17) is 23.2 Å². The molecule has 5 nitrogen and oxygen atoms in total. The van der Waals surface area contributed by atoms with Crippen molar-refractivity contribution in [1.82, 2.24) is 0 Å². The van der Waals surface area contributed by atoms with Crippen LogP contribution in [0.5, 0.6) is 0 Å². The highest BCUT2D eigenvalue weighted by molar-refractivity contribution is 6.87. The molecule has 8 heteroatoms. The molecule has 0 rings (SSSR count). The summed E-state index contributed by atoms with van der Waals surface area (Å²) in [6.07, 6.45) is 0.494. The lowest BCUT2D eigenvalue weighted by Crippen LogP contribution is -2.52. The standard InChI is InChI=1S/C13H34O5Si3/c1-19(2,3)17-21(7,18-20(4,5)6)11-9-8-10-16-12-13(14)15/h13-15H,8-12H2,1-7H3. The third-order valence-electron chi connectivity index (χ3n) is 2.48. The normalized spacial score (nSPS) is 14.0. The molecule has 0 saturated carbocycles. The topological polar surface area (TPSA) is 68.2 Å². The lowest BCUT2D eigenvalue weighted by Gasteiger charge is -2.38. The van der Waals surface area contributed by atoms with E-state index in [0.29, 0.717) is 6.61 Å². The van der Waals surface area contributed by atoms with Crippen LogP contribution in [-0.4, -0.2) is 54.9 Å². The maximum Gasteiger partial charge on any atom is 0.314 e. The monoisotopic (exact) mass is 354 g/mol. The van der Waals surface area contributed by atoms with Crippen LogP contribution >= 0.6 is 0 Å². The van der Waals surface area contributed by atoms with Gasteiger partial charge >= 0.3 is 8.56 Å². The van der Waals surface area contributed by atoms with Crippen molar-refractivity contribution >= 4 is 25.2 Å². The summed E-state index contributed by atoms with van der Waals surface area (Å²) in [5, 5.41) is 17.4. The molecule has 0 aliphatic carbocycles. The Balaban J connectivity index is 4.29. The average Bonchev–Trinajstić information content (AvgIpc) is 2.16. The van der Waals surface area contributed by atoms with Crippen LogP contribution in [0.25, 0.3) is 0 Å². The first-order valence-corrected chi connectivity index (χ1v) is 17.0. The van der Waals surface area contributed by atoms with Crippen LogP contribution in [-0.2, 0) is 13.0 Å². The molecule has 0 aliphatic heterocycles. The van der Waals surface area contributed by atoms with Gasteiger partial charge in [0.25, 0.3) is 0 Å². The van der Waals surface area contributed by atoms with Crippen molar-refractivity contribution in [3.8, 4) is 0 Å². The zero-order chi connectivity index (χ0) is 16.7. The van der Waals surface area contributed by atoms with Crippen molar-refractivity contribution in [2.24, 2.45) is 0 Å². The minimum atomic E-state index is -2.13. The van der Waals surface area contributed by atoms with Gasteiger partial charge in [0.05, 0.1) is 6.61 Å². The zero-order valence-corrected chi connectivity index (χ0v) is 17.7. The number of aliphatic hydroxyl groups is 2. The third kappa shape index (κ3) is 13.8. The van der Waals surface area contributed by atoms with Crippen molar-refractivity contribution in [1.29, 1.82) is 0 Å². The van der Waals surface area contributed by atoms with Crippen LogP contribution in [0, 0.1) is 0 Å². The number of hydrogen-bond donors (Lipinski definition) is 2. The Bertz CT molecular complexity index is 271. The van der Waals surface area contributed by atoms with E-state index in [1.165, 1.54) is 0 Å². The van der Waals surface area contributed by atoms with Gasteiger partial charge in [0.2, 0.25) is 0 Å². The van der Waals surface area contributed by atoms with E-state index in [0.717, 1.165) is 18.9 Å². The van der Waals surface area contributed by atoms with E-state index in [-0.39, 0.29) is 6.61 Å². The SMILES string of the molecule is C[Si](C)(C)O[Si](C)(CCCCOCC(O)O)O[Si](C)(C)C. The summed E-state index contributed by atoms with van der Waals surface area (Å²) in [4.78, 5) is 0. The number of rotatable bonds is 11. The molecule has 0 atom stereocenters. The predicted octanol–water partition coefficient (Wildman–Crippen LogP) is 2.87. The van der Waals surface area contributed by atoms with Gasteiger partial charge in [-0.2, -0.15) is 0 Å². The number of ether oxygens (including phenoxy) is 1. The van der Waals surface area contributed by atoms with E-state index < -0.39 is 31.5 Å². The van der Waals surface area contributed by atoms with Crippen molar-refractivity contribution in [2.75, 3.05) is 13.2 Å². The molecule has 0 unspecified atom stereocenters. The van der Waals surface area contributed by atoms with E-state index >= 15 is 0 Å². The molecule has 0 aliphatic rings. The molecular formula is C13H34O5Si3. The Morgan fingerprint density at radius 3 is 1.67 bits per heavy atom. The van der Waals surface area contributed by atoms with Crippen LogP contribution in [0.4, 0.5) is 0 Å². The van der Waals surface area contributed by atoms with E-state index in [9.17, 15) is 0 Å². The summed E-state index contributed by atoms with van der Waals surface area (Å²) in [6, 6.07) is 0.965. The van der Waals surface area contributed by atoms with Gasteiger partial charge in [0, 0.05) is 6.61 Å². The van der Waals surface area contributed by atoms with Gasteiger partial charge in [-0.25, -0.2) is 0 Å². The smallest absolute Gasteiger partial charge is 0.314 e. The lowest BCUT2D eigenvalue weighted by molar-refractivity contribution is -0.0948. The van der Waals surface area contributed by atoms with Crippen molar-refractivity contribution in [3.63, 3.8) is 0 Å². The third-order valence-corrected chi connectivity index (χ3v) is 12.1. The first-order chi connectivity index (χ1) is 9.33. The van der Waals surface area contributed by atoms with E-state index in [1.807, 2.05) is 0 Å². The van der Waals surface area contributed by atoms with Crippen LogP contribution in [0.3, 0.4) is 0 Å². The molecule has 128 valence electrons. The van der Waals surface area contributed by atoms with Gasteiger partial charge in [0.15, 0.2) is 22.9 Å². The average molecular weight is 355 g/mol. The molecular weight excluding hydrogens is 320 g/mol. The van der Waals surface area contributed by atoms with Gasteiger partial charge in [-0.3, -0.25) is 0 Å². The second-order valence-electron chi connectivity index (χ2n) is 7.58. The molecule has 0 heterocycles. The first-order valence-electron chi connectivity index (χ1n) is 7.67. The maximum atomic E-state index is 8.70. The first kappa shape index (κ1) is 21.5. The van der Waals surface area contributed by atoms with Crippen LogP contribution in [0.15, 0.2) is 0 Å². The number of unbranched alkanes of at least 4 members (excludes halogenated alkanes) is 1. The van der Waals surface area contributed by atoms with E-state index in [1.54, 1.807) is 0 Å². The van der Waals surface area contributed by atoms with Crippen molar-refractivity contribution in [3.05, 3.63) is 0 Å². The zero-order valence-electron chi connectivity index (χ0n) is 14.7. The molecule has 0 saturated heterocycles. The minimum absolute atomic E-state index is 0.0223. The van der Waals surface area contributed by atoms with Gasteiger partial charge in [-0.15, -0.1) is 0 Å². The van der Waals surface area contributed by atoms with Crippen LogP contribution in [0.2, 0.25) is 51.9 Å². The summed E-state index contributed by atoms with van der Waals surface area (Å²) in [6.45, 7) is 15.9. The van der Waals surface area contributed by atoms with Gasteiger partial charge in [-0.05, 0) is 64.7 Å². The highest BCUT2D eigenvalue weighted by Gasteiger charge is 2.39. The summed E-state index contributed by atoms with van der Waals surface area (Å²) in [5.74, 6) is 0. The number of hydrogen-bond acceptors (Lipinski definition) is 5. The van der Waals surface area contributed by atoms with Crippen molar-refractivity contribution in [2.45, 2.75) is 71.0 Å². The Morgan fingerprint density at radius 2 is 1.29 bits per heavy atom. The largest absolute Gasteiger partial charge is 0.437 e. The summed E-state index contributed by atoms with van der Waals surface area (Å²) in [5.41, 5.74) is 0. The second kappa shape index (κ2) is 8.92. The van der Waals surface area contributed by atoms with Gasteiger partial charge in [0.1, 0.15) is 0 Å². The molecule has 0 bridgehead atoms. The summed E-state index contributed by atoms with van der Waals surface area (Å²) >= 11 is 0. The molecule has 0 spiro atoms. The quantitative estimate of drug-likeness (QED) is 0.339. The predicted molar refractivity (Wildman–Crippen MR) is 93.6 cm³/mol. The fraction of sp³-hybridized carbons (Fsp3) is 1.00. The van der Waals surface area contributed by atoms with Crippen LogP contribution in [0.1, 0.15) is 12.8 Å². The van der Waals surface area contributed by atoms with Crippen molar-refractivity contribution < 1.29 is 23.2 Å². The Morgan fingerprint density at radius 1 is 0.810 bits per heavy atom. The van der Waals surface area contributed by atoms with Gasteiger partial charge in [-0.1, -0.05) is 0 Å². The fourth-order valence-electron chi connectivity index (χ4n) is 2.26. The number of aliphatic hydroxyl groups excluding tert-OH is 1. The van der Waals surface area contributed by atoms with E-state index in [2.05, 4.69) is 45.8 Å². The molecule has 0 radical (unpaired) electrons. The Kier molecular flexibility index (Phi) is 9.11. The molecule has 2 N–H and O–H groups in total. The summed E-state index contributed by atoms with van der Waals surface area (Å²) in [7, 11) is -5.38. The second-order valence-corrected chi connectivity index (χ2v) is 20.4. The molecule has 21 heavy (non-hydrogen) atoms. The Hall–Kier alpha value is 0.451. The lowest BCUT2D eigenvalue weighted by atomic mass is 10.4. The molecule has 0 aromatic heterocycles. The maximum absolute atomic E-state index is 8.70. The minimum Gasteiger partial charge on any atom is -0.437 e. The van der Waals surface area contributed by atoms with Crippen LogP contribution < -0.4 is 0 Å². The summed E-state index contributed by atoms with van der Waals surface area (Å²) < 4.78 is 18.0. The molecule has 0 fully saturated rings. The molecule has 0 aromatic rings. The highest BCUT2D eigenvalue weighted by Crippen LogP contribution is 2.25. The highest BCUT2D eigenvalue weighted by atomic mass is 28.5.